The molecule has 0 unspecified atom stereocenters. The number of aliphatic hydroxyl groups is 1. The predicted octanol–water partition coefficient (Wildman–Crippen LogP) is 4.52. The van der Waals surface area contributed by atoms with Crippen molar-refractivity contribution in [3.8, 4) is 0 Å². The Kier molecular flexibility index (Phi) is 7.05. The molecule has 1 aliphatic heterocycles. The van der Waals surface area contributed by atoms with Crippen LogP contribution in [0.15, 0.2) is 64.6 Å². The maximum Gasteiger partial charge on any atom is 0.303 e. The summed E-state index contributed by atoms with van der Waals surface area (Å²) in [6.07, 6.45) is 1.77. The Morgan fingerprint density at radius 2 is 1.60 bits per heavy atom. The van der Waals surface area contributed by atoms with E-state index in [1.807, 2.05) is 24.3 Å². The number of carboxylic acids is 1. The van der Waals surface area contributed by atoms with Gasteiger partial charge >= 0.3 is 5.97 Å². The number of carbonyl (C=O) groups is 3. The van der Waals surface area contributed by atoms with Crippen molar-refractivity contribution < 1.29 is 24.6 Å². The van der Waals surface area contributed by atoms with Gasteiger partial charge in [-0.05, 0) is 30.5 Å². The number of hydrogen-bond acceptors (Lipinski definition) is 4. The summed E-state index contributed by atoms with van der Waals surface area (Å²) in [5.74, 6) is -2.42. The number of unbranched alkanes of at least 4 members (excludes halogenated alkanes) is 2. The first-order chi connectivity index (χ1) is 14.4. The Morgan fingerprint density at radius 3 is 2.23 bits per heavy atom. The largest absolute Gasteiger partial charge is 0.507 e. The smallest absolute Gasteiger partial charge is 0.303 e. The number of rotatable bonds is 8. The zero-order valence-electron chi connectivity index (χ0n) is 16.3. The number of nitrogens with zero attached hydrogens (tertiary/aromatic N) is 1. The van der Waals surface area contributed by atoms with Crippen molar-refractivity contribution >= 4 is 39.3 Å². The Balaban J connectivity index is 1.95. The molecule has 0 bridgehead atoms. The highest BCUT2D eigenvalue weighted by Gasteiger charge is 2.45. The minimum absolute atomic E-state index is 0.0686. The van der Waals surface area contributed by atoms with Gasteiger partial charge in [-0.2, -0.15) is 0 Å². The highest BCUT2D eigenvalue weighted by Crippen LogP contribution is 2.39. The first kappa shape index (κ1) is 21.8. The quantitative estimate of drug-likeness (QED) is 0.255. The fourth-order valence-electron chi connectivity index (χ4n) is 3.59. The van der Waals surface area contributed by atoms with Crippen LogP contribution in [-0.4, -0.2) is 39.3 Å². The van der Waals surface area contributed by atoms with Crippen LogP contribution in [-0.2, 0) is 14.4 Å². The molecule has 2 N–H and O–H groups in total. The summed E-state index contributed by atoms with van der Waals surface area (Å²) in [4.78, 5) is 37.8. The third-order valence-electron chi connectivity index (χ3n) is 5.06. The molecule has 1 saturated heterocycles. The summed E-state index contributed by atoms with van der Waals surface area (Å²) in [7, 11) is 0. The topological polar surface area (TPSA) is 94.9 Å². The van der Waals surface area contributed by atoms with Crippen LogP contribution < -0.4 is 0 Å². The minimum Gasteiger partial charge on any atom is -0.507 e. The maximum atomic E-state index is 12.9. The van der Waals surface area contributed by atoms with E-state index in [4.69, 9.17) is 5.11 Å². The molecule has 1 aliphatic rings. The van der Waals surface area contributed by atoms with Gasteiger partial charge < -0.3 is 15.1 Å². The maximum absolute atomic E-state index is 12.9. The molecule has 0 saturated carbocycles. The summed E-state index contributed by atoms with van der Waals surface area (Å²) < 4.78 is 0.861. The number of likely N-dealkylation sites (tertiary alicyclic amines) is 1. The van der Waals surface area contributed by atoms with Crippen molar-refractivity contribution in [1.82, 2.24) is 4.90 Å². The van der Waals surface area contributed by atoms with E-state index >= 15 is 0 Å². The highest BCUT2D eigenvalue weighted by molar-refractivity contribution is 9.10. The Hall–Kier alpha value is -2.93. The van der Waals surface area contributed by atoms with Gasteiger partial charge in [0.05, 0.1) is 11.6 Å². The van der Waals surface area contributed by atoms with Crippen molar-refractivity contribution in [3.63, 3.8) is 0 Å². The van der Waals surface area contributed by atoms with Crippen LogP contribution in [0, 0.1) is 0 Å². The fourth-order valence-corrected chi connectivity index (χ4v) is 3.85. The first-order valence-corrected chi connectivity index (χ1v) is 10.5. The Morgan fingerprint density at radius 1 is 0.933 bits per heavy atom. The number of halogens is 1. The molecule has 1 amide bonds. The van der Waals surface area contributed by atoms with Crippen LogP contribution in [0.3, 0.4) is 0 Å². The predicted molar refractivity (Wildman–Crippen MR) is 116 cm³/mol. The molecule has 0 aromatic heterocycles. The molecule has 0 radical (unpaired) electrons. The molecule has 1 atom stereocenters. The van der Waals surface area contributed by atoms with E-state index in [1.165, 1.54) is 4.90 Å². The first-order valence-electron chi connectivity index (χ1n) is 9.71. The zero-order chi connectivity index (χ0) is 21.7. The lowest BCUT2D eigenvalue weighted by Crippen LogP contribution is -2.30. The minimum atomic E-state index is -0.854. The Bertz CT molecular complexity index is 969. The number of carbonyl (C=O) groups excluding carboxylic acids is 2. The lowest BCUT2D eigenvalue weighted by molar-refractivity contribution is -0.140. The summed E-state index contributed by atoms with van der Waals surface area (Å²) in [6.45, 7) is 0.302. The normalized spacial score (nSPS) is 18.0. The monoisotopic (exact) mass is 471 g/mol. The van der Waals surface area contributed by atoms with E-state index in [-0.39, 0.29) is 17.8 Å². The summed E-state index contributed by atoms with van der Waals surface area (Å²) in [5, 5.41) is 19.7. The van der Waals surface area contributed by atoms with Crippen molar-refractivity contribution in [2.45, 2.75) is 31.7 Å². The van der Waals surface area contributed by atoms with Gasteiger partial charge in [0.25, 0.3) is 11.7 Å². The van der Waals surface area contributed by atoms with E-state index in [0.29, 0.717) is 31.4 Å². The van der Waals surface area contributed by atoms with Crippen LogP contribution in [0.5, 0.6) is 0 Å². The average Bonchev–Trinajstić information content (AvgIpc) is 2.99. The molecule has 0 aliphatic carbocycles. The number of carboxylic acid groups (broad SMARTS) is 1. The standard InChI is InChI=1S/C23H22BrNO5/c24-17-12-10-15(11-13-17)20-19(21(28)16-7-3-1-4-8-16)22(29)23(30)25(20)14-6-2-5-9-18(26)27/h1,3-4,7-8,10-13,20,28H,2,5-6,9,14H2,(H,26,27)/b21-19+/t20-/m0/s1. The molecule has 1 heterocycles. The molecule has 6 nitrogen and oxygen atoms in total. The summed E-state index contributed by atoms with van der Waals surface area (Å²) in [5.41, 5.74) is 1.26. The molecular formula is C23H22BrNO5. The molecule has 7 heteroatoms. The third-order valence-corrected chi connectivity index (χ3v) is 5.59. The second-order valence-electron chi connectivity index (χ2n) is 7.11. The summed E-state index contributed by atoms with van der Waals surface area (Å²) in [6, 6.07) is 15.3. The zero-order valence-corrected chi connectivity index (χ0v) is 17.8. The van der Waals surface area contributed by atoms with E-state index in [9.17, 15) is 19.5 Å². The van der Waals surface area contributed by atoms with Gasteiger partial charge in [-0.3, -0.25) is 14.4 Å². The summed E-state index contributed by atoms with van der Waals surface area (Å²) >= 11 is 3.39. The number of benzene rings is 2. The molecule has 1 fully saturated rings. The molecule has 3 rings (SSSR count). The van der Waals surface area contributed by atoms with E-state index < -0.39 is 23.7 Å². The fraction of sp³-hybridized carbons (Fsp3) is 0.261. The second kappa shape index (κ2) is 9.71. The SMILES string of the molecule is O=C(O)CCCCCN1C(=O)C(=O)/C(=C(/O)c2ccccc2)[C@@H]1c1ccc(Br)cc1. The van der Waals surface area contributed by atoms with Crippen molar-refractivity contribution in [2.75, 3.05) is 6.54 Å². The molecule has 2 aromatic carbocycles. The van der Waals surface area contributed by atoms with Crippen LogP contribution in [0.1, 0.15) is 42.9 Å². The number of aliphatic hydroxyl groups excluding tert-OH is 1. The van der Waals surface area contributed by atoms with Gasteiger partial charge in [0.2, 0.25) is 0 Å². The van der Waals surface area contributed by atoms with Gasteiger partial charge in [0.1, 0.15) is 5.76 Å². The van der Waals surface area contributed by atoms with Gasteiger partial charge in [0.15, 0.2) is 0 Å². The highest BCUT2D eigenvalue weighted by atomic mass is 79.9. The van der Waals surface area contributed by atoms with Crippen LogP contribution >= 0.6 is 15.9 Å². The molecule has 0 spiro atoms. The van der Waals surface area contributed by atoms with Gasteiger partial charge in [-0.15, -0.1) is 0 Å². The van der Waals surface area contributed by atoms with Gasteiger partial charge in [0, 0.05) is 23.0 Å². The van der Waals surface area contributed by atoms with Gasteiger partial charge in [-0.25, -0.2) is 0 Å². The van der Waals surface area contributed by atoms with Crippen LogP contribution in [0.4, 0.5) is 0 Å². The number of aliphatic carboxylic acids is 1. The lowest BCUT2D eigenvalue weighted by Gasteiger charge is -2.25. The molecule has 30 heavy (non-hydrogen) atoms. The van der Waals surface area contributed by atoms with E-state index in [1.54, 1.807) is 30.3 Å². The van der Waals surface area contributed by atoms with E-state index in [0.717, 1.165) is 10.0 Å². The Labute approximate surface area is 183 Å². The number of hydrogen-bond donors (Lipinski definition) is 2. The van der Waals surface area contributed by atoms with Crippen molar-refractivity contribution in [1.29, 1.82) is 0 Å². The second-order valence-corrected chi connectivity index (χ2v) is 8.03. The van der Waals surface area contributed by atoms with Gasteiger partial charge in [-0.1, -0.05) is 64.8 Å². The van der Waals surface area contributed by atoms with Crippen LogP contribution in [0.25, 0.3) is 5.76 Å². The van der Waals surface area contributed by atoms with E-state index in [2.05, 4.69) is 15.9 Å². The molecule has 156 valence electrons. The van der Waals surface area contributed by atoms with Crippen molar-refractivity contribution in [3.05, 3.63) is 75.8 Å². The third kappa shape index (κ3) is 4.79. The van der Waals surface area contributed by atoms with Crippen molar-refractivity contribution in [2.24, 2.45) is 0 Å². The number of amides is 1. The number of ketones is 1. The lowest BCUT2D eigenvalue weighted by atomic mass is 9.95. The van der Waals surface area contributed by atoms with Crippen LogP contribution in [0.2, 0.25) is 0 Å². The average molecular weight is 472 g/mol. The number of Topliss-reactive ketones (excluding diaryl/α,β-unsaturated/α-hetero) is 1. The molecular weight excluding hydrogens is 450 g/mol. The molecule has 2 aromatic rings.